The second-order valence-corrected chi connectivity index (χ2v) is 8.10. The third kappa shape index (κ3) is 2.96. The Morgan fingerprint density at radius 1 is 1.22 bits per heavy atom. The van der Waals surface area contributed by atoms with Crippen LogP contribution in [0.15, 0.2) is 0 Å². The minimum Gasteiger partial charge on any atom is -0.370 e. The van der Waals surface area contributed by atoms with E-state index < -0.39 is 0 Å². The smallest absolute Gasteiger partial charge is 0.146 e. The standard InChI is InChI=1S/C18H26N4S/c1-3-19-17-16-13-5-4-6-14(13)23-18(16)21-15(20-17)11-22-9-7-12(2)8-10-22/h12H,3-11H2,1-2H3,(H,19,20,21). The first kappa shape index (κ1) is 15.3. The maximum atomic E-state index is 4.92. The van der Waals surface area contributed by atoms with Crippen LogP contribution in [-0.4, -0.2) is 34.5 Å². The number of anilines is 1. The van der Waals surface area contributed by atoms with Crippen LogP contribution in [0.2, 0.25) is 0 Å². The van der Waals surface area contributed by atoms with Crippen molar-refractivity contribution in [3.05, 3.63) is 16.3 Å². The highest BCUT2D eigenvalue weighted by Gasteiger charge is 2.23. The summed E-state index contributed by atoms with van der Waals surface area (Å²) in [5, 5.41) is 4.79. The Morgan fingerprint density at radius 3 is 2.83 bits per heavy atom. The molecule has 1 N–H and O–H groups in total. The average Bonchev–Trinajstić information content (AvgIpc) is 3.10. The van der Waals surface area contributed by atoms with Crippen molar-refractivity contribution in [3.63, 3.8) is 0 Å². The molecule has 124 valence electrons. The number of fused-ring (bicyclic) bond motifs is 3. The summed E-state index contributed by atoms with van der Waals surface area (Å²) in [6.45, 7) is 8.67. The van der Waals surface area contributed by atoms with E-state index >= 15 is 0 Å². The summed E-state index contributed by atoms with van der Waals surface area (Å²) in [5.74, 6) is 2.92. The molecule has 1 fully saturated rings. The zero-order valence-corrected chi connectivity index (χ0v) is 15.0. The van der Waals surface area contributed by atoms with Gasteiger partial charge in [-0.2, -0.15) is 0 Å². The number of piperidine rings is 1. The summed E-state index contributed by atoms with van der Waals surface area (Å²) in [6, 6.07) is 0. The van der Waals surface area contributed by atoms with Crippen molar-refractivity contribution in [2.75, 3.05) is 25.0 Å². The quantitative estimate of drug-likeness (QED) is 0.924. The first-order valence-electron chi connectivity index (χ1n) is 9.02. The Balaban J connectivity index is 1.65. The molecule has 1 aliphatic heterocycles. The lowest BCUT2D eigenvalue weighted by atomic mass is 9.99. The predicted octanol–water partition coefficient (Wildman–Crippen LogP) is 3.84. The fourth-order valence-electron chi connectivity index (χ4n) is 3.83. The Kier molecular flexibility index (Phi) is 4.24. The molecule has 2 aliphatic rings. The first-order chi connectivity index (χ1) is 11.2. The lowest BCUT2D eigenvalue weighted by molar-refractivity contribution is 0.181. The second kappa shape index (κ2) is 6.36. The van der Waals surface area contributed by atoms with E-state index in [1.807, 2.05) is 11.3 Å². The van der Waals surface area contributed by atoms with E-state index in [-0.39, 0.29) is 0 Å². The number of nitrogens with one attached hydrogen (secondary N) is 1. The lowest BCUT2D eigenvalue weighted by Gasteiger charge is -2.29. The third-order valence-electron chi connectivity index (χ3n) is 5.20. The van der Waals surface area contributed by atoms with Gasteiger partial charge in [-0.25, -0.2) is 9.97 Å². The van der Waals surface area contributed by atoms with Gasteiger partial charge >= 0.3 is 0 Å². The van der Waals surface area contributed by atoms with Gasteiger partial charge in [0.2, 0.25) is 0 Å². The molecule has 23 heavy (non-hydrogen) atoms. The van der Waals surface area contributed by atoms with Crippen LogP contribution in [-0.2, 0) is 19.4 Å². The number of aromatic nitrogens is 2. The SMILES string of the molecule is CCNc1nc(CN2CCC(C)CC2)nc2sc3c(c12)CCC3. The molecule has 1 saturated heterocycles. The highest BCUT2D eigenvalue weighted by atomic mass is 32.1. The molecule has 5 heteroatoms. The molecular formula is C18H26N4S. The predicted molar refractivity (Wildman–Crippen MR) is 97.3 cm³/mol. The number of likely N-dealkylation sites (tertiary alicyclic amines) is 1. The number of rotatable bonds is 4. The minimum absolute atomic E-state index is 0.868. The average molecular weight is 331 g/mol. The van der Waals surface area contributed by atoms with Crippen molar-refractivity contribution in [3.8, 4) is 0 Å². The number of thiophene rings is 1. The minimum atomic E-state index is 0.868. The number of aryl methyl sites for hydroxylation is 2. The zero-order chi connectivity index (χ0) is 15.8. The molecule has 0 bridgehead atoms. The fraction of sp³-hybridized carbons (Fsp3) is 0.667. The van der Waals surface area contributed by atoms with Crippen LogP contribution in [0.1, 0.15) is 49.4 Å². The van der Waals surface area contributed by atoms with Crippen LogP contribution in [0.4, 0.5) is 5.82 Å². The zero-order valence-electron chi connectivity index (χ0n) is 14.2. The molecule has 0 saturated carbocycles. The molecule has 0 aromatic carbocycles. The van der Waals surface area contributed by atoms with E-state index in [9.17, 15) is 0 Å². The summed E-state index contributed by atoms with van der Waals surface area (Å²) in [4.78, 5) is 15.1. The van der Waals surface area contributed by atoms with Crippen LogP contribution >= 0.6 is 11.3 Å². The molecule has 2 aromatic heterocycles. The van der Waals surface area contributed by atoms with Gasteiger partial charge in [0, 0.05) is 11.4 Å². The monoisotopic (exact) mass is 330 g/mol. The van der Waals surface area contributed by atoms with Gasteiger partial charge in [0.05, 0.1) is 11.9 Å². The van der Waals surface area contributed by atoms with Gasteiger partial charge in [0.25, 0.3) is 0 Å². The highest BCUT2D eigenvalue weighted by molar-refractivity contribution is 7.19. The number of nitrogens with zero attached hydrogens (tertiary/aromatic N) is 3. The topological polar surface area (TPSA) is 41.1 Å². The van der Waals surface area contributed by atoms with E-state index in [0.717, 1.165) is 30.6 Å². The molecule has 0 atom stereocenters. The van der Waals surface area contributed by atoms with Crippen molar-refractivity contribution >= 4 is 27.4 Å². The molecule has 4 rings (SSSR count). The van der Waals surface area contributed by atoms with E-state index in [1.54, 1.807) is 0 Å². The summed E-state index contributed by atoms with van der Waals surface area (Å²) in [6.07, 6.45) is 6.31. The molecular weight excluding hydrogens is 304 g/mol. The molecule has 0 radical (unpaired) electrons. The second-order valence-electron chi connectivity index (χ2n) is 7.01. The van der Waals surface area contributed by atoms with E-state index in [1.165, 1.54) is 65.9 Å². The maximum absolute atomic E-state index is 4.92. The van der Waals surface area contributed by atoms with E-state index in [4.69, 9.17) is 9.97 Å². The molecule has 0 unspecified atom stereocenters. The molecule has 0 spiro atoms. The normalized spacial score (nSPS) is 19.4. The first-order valence-corrected chi connectivity index (χ1v) is 9.83. The van der Waals surface area contributed by atoms with Gasteiger partial charge in [-0.3, -0.25) is 4.90 Å². The van der Waals surface area contributed by atoms with Gasteiger partial charge in [0.15, 0.2) is 0 Å². The Labute approximate surface area is 142 Å². The van der Waals surface area contributed by atoms with E-state index in [2.05, 4.69) is 24.1 Å². The lowest BCUT2D eigenvalue weighted by Crippen LogP contribution is -2.33. The van der Waals surface area contributed by atoms with Gasteiger partial charge < -0.3 is 5.32 Å². The van der Waals surface area contributed by atoms with Crippen molar-refractivity contribution in [1.82, 2.24) is 14.9 Å². The van der Waals surface area contributed by atoms with Crippen molar-refractivity contribution < 1.29 is 0 Å². The molecule has 2 aromatic rings. The molecule has 0 amide bonds. The van der Waals surface area contributed by atoms with Crippen LogP contribution in [0, 0.1) is 5.92 Å². The van der Waals surface area contributed by atoms with Crippen LogP contribution in [0.5, 0.6) is 0 Å². The van der Waals surface area contributed by atoms with Crippen molar-refractivity contribution in [1.29, 1.82) is 0 Å². The Morgan fingerprint density at radius 2 is 2.04 bits per heavy atom. The molecule has 4 nitrogen and oxygen atoms in total. The molecule has 1 aliphatic carbocycles. The molecule has 3 heterocycles. The van der Waals surface area contributed by atoms with Crippen LogP contribution < -0.4 is 5.32 Å². The van der Waals surface area contributed by atoms with Gasteiger partial charge in [0.1, 0.15) is 16.5 Å². The van der Waals surface area contributed by atoms with Crippen LogP contribution in [0.25, 0.3) is 10.2 Å². The summed E-state index contributed by atoms with van der Waals surface area (Å²) in [5.41, 5.74) is 1.51. The van der Waals surface area contributed by atoms with Crippen LogP contribution in [0.3, 0.4) is 0 Å². The van der Waals surface area contributed by atoms with E-state index in [0.29, 0.717) is 0 Å². The van der Waals surface area contributed by atoms with Gasteiger partial charge in [-0.1, -0.05) is 6.92 Å². The van der Waals surface area contributed by atoms with Crippen molar-refractivity contribution in [2.45, 2.75) is 52.5 Å². The summed E-state index contributed by atoms with van der Waals surface area (Å²) < 4.78 is 0. The third-order valence-corrected chi connectivity index (χ3v) is 6.38. The van der Waals surface area contributed by atoms with Crippen molar-refractivity contribution in [2.24, 2.45) is 5.92 Å². The van der Waals surface area contributed by atoms with Gasteiger partial charge in [-0.15, -0.1) is 11.3 Å². The van der Waals surface area contributed by atoms with Gasteiger partial charge in [-0.05, 0) is 63.6 Å². The summed E-state index contributed by atoms with van der Waals surface area (Å²) in [7, 11) is 0. The Bertz CT molecular complexity index is 701. The fourth-order valence-corrected chi connectivity index (χ4v) is 5.11. The number of hydrogen-bond acceptors (Lipinski definition) is 5. The largest absolute Gasteiger partial charge is 0.370 e. The maximum Gasteiger partial charge on any atom is 0.146 e. The highest BCUT2D eigenvalue weighted by Crippen LogP contribution is 2.39. The Hall–Kier alpha value is -1.20. The number of hydrogen-bond donors (Lipinski definition) is 1. The summed E-state index contributed by atoms with van der Waals surface area (Å²) >= 11 is 1.89.